The van der Waals surface area contributed by atoms with Crippen LogP contribution in [0.3, 0.4) is 0 Å². The quantitative estimate of drug-likeness (QED) is 0.342. The molecular weight excluding hydrogens is 348 g/mol. The van der Waals surface area contributed by atoms with E-state index >= 15 is 0 Å². The highest BCUT2D eigenvalue weighted by atomic mass is 32.2. The molecule has 0 atom stereocenters. The second-order valence-corrected chi connectivity index (χ2v) is 8.90. The van der Waals surface area contributed by atoms with E-state index in [1.54, 1.807) is 0 Å². The van der Waals surface area contributed by atoms with Crippen LogP contribution >= 0.6 is 11.8 Å². The number of benzene rings is 3. The summed E-state index contributed by atoms with van der Waals surface area (Å²) in [4.78, 5) is 0. The first-order valence-corrected chi connectivity index (χ1v) is 10.5. The van der Waals surface area contributed by atoms with Crippen molar-refractivity contribution in [3.8, 4) is 0 Å². The minimum atomic E-state index is -0.259. The fraction of sp³-hybridized carbons (Fsp3) is 0.280. The van der Waals surface area contributed by atoms with E-state index in [1.807, 2.05) is 11.8 Å². The van der Waals surface area contributed by atoms with Gasteiger partial charge in [-0.2, -0.15) is 0 Å². The van der Waals surface area contributed by atoms with Crippen molar-refractivity contribution in [2.24, 2.45) is 0 Å². The minimum Gasteiger partial charge on any atom is -0.375 e. The van der Waals surface area contributed by atoms with Crippen LogP contribution < -0.4 is 0 Å². The van der Waals surface area contributed by atoms with E-state index in [-0.39, 0.29) is 10.3 Å². The van der Waals surface area contributed by atoms with Gasteiger partial charge in [0.2, 0.25) is 0 Å². The second kappa shape index (κ2) is 8.77. The maximum absolute atomic E-state index is 6.01. The predicted molar refractivity (Wildman–Crippen MR) is 117 cm³/mol. The molecule has 0 fully saturated rings. The average molecular weight is 377 g/mol. The van der Waals surface area contributed by atoms with Gasteiger partial charge in [0, 0.05) is 5.75 Å². The van der Waals surface area contributed by atoms with Gasteiger partial charge in [0.1, 0.15) is 0 Å². The molecule has 27 heavy (non-hydrogen) atoms. The Morgan fingerprint density at radius 3 is 1.33 bits per heavy atom. The molecule has 0 radical (unpaired) electrons. The molecule has 0 heterocycles. The van der Waals surface area contributed by atoms with Gasteiger partial charge in [-0.05, 0) is 37.5 Å². The van der Waals surface area contributed by atoms with Gasteiger partial charge in [-0.1, -0.05) is 91.0 Å². The van der Waals surface area contributed by atoms with Crippen LogP contribution in [0.15, 0.2) is 91.0 Å². The third kappa shape index (κ3) is 4.82. The van der Waals surface area contributed by atoms with Crippen LogP contribution in [-0.2, 0) is 9.48 Å². The van der Waals surface area contributed by atoms with E-state index in [0.29, 0.717) is 0 Å². The summed E-state index contributed by atoms with van der Waals surface area (Å²) in [6.45, 7) is 7.05. The second-order valence-electron chi connectivity index (χ2n) is 7.59. The van der Waals surface area contributed by atoms with Gasteiger partial charge in [-0.15, -0.1) is 11.8 Å². The standard InChI is InChI=1S/C25H28OS/c1-24(2,3)26-19-20-27-25(21-13-7-4-8-14-21,22-15-9-5-10-16-22)23-17-11-6-12-18-23/h4-18H,19-20H2,1-3H3. The highest BCUT2D eigenvalue weighted by Crippen LogP contribution is 2.48. The molecule has 0 bridgehead atoms. The molecule has 1 nitrogen and oxygen atoms in total. The third-order valence-corrected chi connectivity index (χ3v) is 5.99. The Balaban J connectivity index is 2.06. The van der Waals surface area contributed by atoms with Gasteiger partial charge in [-0.3, -0.25) is 0 Å². The number of ether oxygens (including phenoxy) is 1. The number of rotatable bonds is 7. The fourth-order valence-corrected chi connectivity index (χ4v) is 4.69. The van der Waals surface area contributed by atoms with Crippen molar-refractivity contribution >= 4 is 11.8 Å². The lowest BCUT2D eigenvalue weighted by Gasteiger charge is -2.35. The lowest BCUT2D eigenvalue weighted by molar-refractivity contribution is 0.00689. The Hall–Kier alpha value is -2.03. The number of hydrogen-bond donors (Lipinski definition) is 0. The van der Waals surface area contributed by atoms with Crippen molar-refractivity contribution in [1.82, 2.24) is 0 Å². The number of hydrogen-bond acceptors (Lipinski definition) is 2. The lowest BCUT2D eigenvalue weighted by atomic mass is 9.84. The smallest absolute Gasteiger partial charge is 0.0907 e. The first-order valence-electron chi connectivity index (χ1n) is 9.47. The zero-order valence-electron chi connectivity index (χ0n) is 16.4. The van der Waals surface area contributed by atoms with Crippen LogP contribution in [0.2, 0.25) is 0 Å². The maximum Gasteiger partial charge on any atom is 0.0907 e. The van der Waals surface area contributed by atoms with E-state index < -0.39 is 0 Å². The summed E-state index contributed by atoms with van der Waals surface area (Å²) in [6.07, 6.45) is 0. The maximum atomic E-state index is 6.01. The summed E-state index contributed by atoms with van der Waals surface area (Å²) >= 11 is 1.94. The van der Waals surface area contributed by atoms with Crippen molar-refractivity contribution in [1.29, 1.82) is 0 Å². The van der Waals surface area contributed by atoms with Crippen LogP contribution in [0.5, 0.6) is 0 Å². The van der Waals surface area contributed by atoms with Gasteiger partial charge < -0.3 is 4.74 Å². The van der Waals surface area contributed by atoms with Crippen molar-refractivity contribution in [3.63, 3.8) is 0 Å². The Bertz CT molecular complexity index is 711. The third-order valence-electron chi connectivity index (χ3n) is 4.48. The van der Waals surface area contributed by atoms with Gasteiger partial charge in [0.15, 0.2) is 0 Å². The topological polar surface area (TPSA) is 9.23 Å². The monoisotopic (exact) mass is 376 g/mol. The summed E-state index contributed by atoms with van der Waals surface area (Å²) in [6, 6.07) is 32.4. The minimum absolute atomic E-state index is 0.116. The molecule has 140 valence electrons. The van der Waals surface area contributed by atoms with Crippen LogP contribution in [0.1, 0.15) is 37.5 Å². The Morgan fingerprint density at radius 1 is 0.630 bits per heavy atom. The highest BCUT2D eigenvalue weighted by molar-refractivity contribution is 8.00. The molecule has 0 saturated heterocycles. The van der Waals surface area contributed by atoms with Gasteiger partial charge >= 0.3 is 0 Å². The molecule has 3 aromatic carbocycles. The van der Waals surface area contributed by atoms with Gasteiger partial charge in [0.25, 0.3) is 0 Å². The Kier molecular flexibility index (Phi) is 6.41. The van der Waals surface area contributed by atoms with Crippen LogP contribution in [0.4, 0.5) is 0 Å². The first kappa shape index (κ1) is 19.7. The van der Waals surface area contributed by atoms with Crippen LogP contribution in [0, 0.1) is 0 Å². The molecule has 0 N–H and O–H groups in total. The summed E-state index contributed by atoms with van der Waals surface area (Å²) in [5, 5.41) is 0. The SMILES string of the molecule is CC(C)(C)OCCSC(c1ccccc1)(c1ccccc1)c1ccccc1. The first-order chi connectivity index (χ1) is 13.0. The van der Waals surface area contributed by atoms with Crippen LogP contribution in [-0.4, -0.2) is 18.0 Å². The average Bonchev–Trinajstić information content (AvgIpc) is 2.70. The summed E-state index contributed by atoms with van der Waals surface area (Å²) in [5.41, 5.74) is 3.77. The molecular formula is C25H28OS. The highest BCUT2D eigenvalue weighted by Gasteiger charge is 2.36. The molecule has 0 aliphatic carbocycles. The zero-order chi connectivity index (χ0) is 19.2. The largest absolute Gasteiger partial charge is 0.375 e. The normalized spacial score (nSPS) is 12.1. The summed E-state index contributed by atoms with van der Waals surface area (Å²) in [7, 11) is 0. The number of thioether (sulfide) groups is 1. The molecule has 3 rings (SSSR count). The Morgan fingerprint density at radius 2 is 1.00 bits per heavy atom. The van der Waals surface area contributed by atoms with Gasteiger partial charge in [0.05, 0.1) is 17.0 Å². The van der Waals surface area contributed by atoms with E-state index in [4.69, 9.17) is 4.74 Å². The lowest BCUT2D eigenvalue weighted by Crippen LogP contribution is -2.28. The zero-order valence-corrected chi connectivity index (χ0v) is 17.2. The van der Waals surface area contributed by atoms with Crippen molar-refractivity contribution < 1.29 is 4.74 Å². The molecule has 0 saturated carbocycles. The summed E-state index contributed by atoms with van der Waals surface area (Å²) < 4.78 is 5.75. The van der Waals surface area contributed by atoms with E-state index in [0.717, 1.165) is 12.4 Å². The predicted octanol–water partition coefficient (Wildman–Crippen LogP) is 6.53. The summed E-state index contributed by atoms with van der Waals surface area (Å²) in [5.74, 6) is 0.913. The molecule has 3 aromatic rings. The van der Waals surface area contributed by atoms with Crippen LogP contribution in [0.25, 0.3) is 0 Å². The molecule has 0 aliphatic rings. The van der Waals surface area contributed by atoms with Crippen molar-refractivity contribution in [2.75, 3.05) is 12.4 Å². The molecule has 0 unspecified atom stereocenters. The Labute approximate surface area is 167 Å². The fourth-order valence-electron chi connectivity index (χ4n) is 3.31. The molecule has 0 aromatic heterocycles. The van der Waals surface area contributed by atoms with Gasteiger partial charge in [-0.25, -0.2) is 0 Å². The van der Waals surface area contributed by atoms with Crippen molar-refractivity contribution in [2.45, 2.75) is 31.1 Å². The van der Waals surface area contributed by atoms with E-state index in [1.165, 1.54) is 16.7 Å². The van der Waals surface area contributed by atoms with Crippen molar-refractivity contribution in [3.05, 3.63) is 108 Å². The molecule has 0 amide bonds. The van der Waals surface area contributed by atoms with E-state index in [2.05, 4.69) is 112 Å². The van der Waals surface area contributed by atoms with E-state index in [9.17, 15) is 0 Å². The molecule has 0 aliphatic heterocycles. The molecule has 2 heteroatoms. The molecule has 0 spiro atoms.